The number of oxazole rings is 1. The molecular formula is C16H13N5O2S. The number of aromatic nitrogens is 4. The molecule has 1 aromatic carbocycles. The van der Waals surface area contributed by atoms with Crippen LogP contribution in [-0.4, -0.2) is 19.9 Å². The summed E-state index contributed by atoms with van der Waals surface area (Å²) in [5.74, 6) is 8.89. The Balaban J connectivity index is 1.47. The zero-order valence-electron chi connectivity index (χ0n) is 12.5. The standard InChI is InChI=1S/C16H13N5O2S/c17-21-15(12-7-4-8-22-12)19-20-16(21)24-10-14-18-9-13(23-14)11-5-2-1-3-6-11/h1-9H,10,17H2. The molecule has 3 heterocycles. The summed E-state index contributed by atoms with van der Waals surface area (Å²) < 4.78 is 12.4. The van der Waals surface area contributed by atoms with Crippen LogP contribution >= 0.6 is 11.8 Å². The number of thioether (sulfide) groups is 1. The van der Waals surface area contributed by atoms with Crippen molar-refractivity contribution in [3.05, 3.63) is 60.8 Å². The highest BCUT2D eigenvalue weighted by atomic mass is 32.2. The van der Waals surface area contributed by atoms with Gasteiger partial charge in [-0.1, -0.05) is 42.1 Å². The number of nitrogens with two attached hydrogens (primary N) is 1. The highest BCUT2D eigenvalue weighted by Gasteiger charge is 2.15. The molecule has 0 amide bonds. The predicted molar refractivity (Wildman–Crippen MR) is 89.4 cm³/mol. The monoisotopic (exact) mass is 339 g/mol. The minimum absolute atomic E-state index is 0.472. The second kappa shape index (κ2) is 6.25. The molecule has 120 valence electrons. The first-order valence-corrected chi connectivity index (χ1v) is 8.17. The molecule has 0 aliphatic carbocycles. The van der Waals surface area contributed by atoms with Crippen LogP contribution in [0.2, 0.25) is 0 Å². The van der Waals surface area contributed by atoms with E-state index < -0.39 is 0 Å². The number of nitrogens with zero attached hydrogens (tertiary/aromatic N) is 4. The molecule has 24 heavy (non-hydrogen) atoms. The predicted octanol–water partition coefficient (Wildman–Crippen LogP) is 3.20. The van der Waals surface area contributed by atoms with E-state index in [-0.39, 0.29) is 0 Å². The van der Waals surface area contributed by atoms with Crippen LogP contribution in [0.3, 0.4) is 0 Å². The highest BCUT2D eigenvalue weighted by molar-refractivity contribution is 7.98. The van der Waals surface area contributed by atoms with E-state index in [1.54, 1.807) is 24.6 Å². The van der Waals surface area contributed by atoms with Crippen molar-refractivity contribution in [1.29, 1.82) is 0 Å². The summed E-state index contributed by atoms with van der Waals surface area (Å²) in [6.45, 7) is 0. The molecule has 0 unspecified atom stereocenters. The van der Waals surface area contributed by atoms with Crippen LogP contribution in [0.1, 0.15) is 5.89 Å². The van der Waals surface area contributed by atoms with Crippen LogP contribution in [0.15, 0.2) is 68.9 Å². The first-order valence-electron chi connectivity index (χ1n) is 7.18. The molecule has 0 saturated heterocycles. The quantitative estimate of drug-likeness (QED) is 0.440. The van der Waals surface area contributed by atoms with Gasteiger partial charge in [-0.3, -0.25) is 0 Å². The maximum absolute atomic E-state index is 6.01. The summed E-state index contributed by atoms with van der Waals surface area (Å²) in [6, 6.07) is 13.4. The third-order valence-corrected chi connectivity index (χ3v) is 4.27. The molecular weight excluding hydrogens is 326 g/mol. The van der Waals surface area contributed by atoms with Crippen LogP contribution in [0.4, 0.5) is 0 Å². The molecule has 4 rings (SSSR count). The Labute approximate surface area is 141 Å². The van der Waals surface area contributed by atoms with E-state index in [0.717, 1.165) is 11.3 Å². The zero-order chi connectivity index (χ0) is 16.4. The first-order chi connectivity index (χ1) is 11.8. The van der Waals surface area contributed by atoms with E-state index in [4.69, 9.17) is 14.7 Å². The molecule has 0 bridgehead atoms. The minimum Gasteiger partial charge on any atom is -0.461 e. The van der Waals surface area contributed by atoms with Gasteiger partial charge in [-0.2, -0.15) is 0 Å². The van der Waals surface area contributed by atoms with Gasteiger partial charge in [-0.25, -0.2) is 9.66 Å². The van der Waals surface area contributed by atoms with Crippen molar-refractivity contribution in [2.45, 2.75) is 10.9 Å². The fourth-order valence-corrected chi connectivity index (χ4v) is 2.90. The fourth-order valence-electron chi connectivity index (χ4n) is 2.19. The Morgan fingerprint density at radius 1 is 1.04 bits per heavy atom. The van der Waals surface area contributed by atoms with E-state index >= 15 is 0 Å². The van der Waals surface area contributed by atoms with Crippen molar-refractivity contribution in [3.63, 3.8) is 0 Å². The second-order valence-corrected chi connectivity index (χ2v) is 5.87. The molecule has 0 aliphatic rings. The Hall–Kier alpha value is -3.00. The number of nitrogen functional groups attached to an aromatic ring is 1. The molecule has 4 aromatic rings. The zero-order valence-corrected chi connectivity index (χ0v) is 13.3. The van der Waals surface area contributed by atoms with Gasteiger partial charge in [0, 0.05) is 5.56 Å². The molecule has 8 heteroatoms. The lowest BCUT2D eigenvalue weighted by atomic mass is 10.2. The summed E-state index contributed by atoms with van der Waals surface area (Å²) in [6.07, 6.45) is 3.28. The molecule has 2 N–H and O–H groups in total. The number of hydrogen-bond acceptors (Lipinski definition) is 7. The van der Waals surface area contributed by atoms with Crippen molar-refractivity contribution in [3.8, 4) is 22.9 Å². The van der Waals surface area contributed by atoms with Gasteiger partial charge >= 0.3 is 0 Å². The van der Waals surface area contributed by atoms with Gasteiger partial charge in [0.25, 0.3) is 0 Å². The van der Waals surface area contributed by atoms with E-state index in [1.807, 2.05) is 30.3 Å². The topological polar surface area (TPSA) is 95.9 Å². The van der Waals surface area contributed by atoms with Crippen LogP contribution in [0, 0.1) is 0 Å². The van der Waals surface area contributed by atoms with Gasteiger partial charge in [-0.15, -0.1) is 10.2 Å². The summed E-state index contributed by atoms with van der Waals surface area (Å²) in [7, 11) is 0. The third kappa shape index (κ3) is 2.79. The molecule has 0 spiro atoms. The van der Waals surface area contributed by atoms with E-state index in [0.29, 0.717) is 28.4 Å². The summed E-state index contributed by atoms with van der Waals surface area (Å²) >= 11 is 1.39. The number of benzene rings is 1. The van der Waals surface area contributed by atoms with Crippen LogP contribution in [0.5, 0.6) is 0 Å². The van der Waals surface area contributed by atoms with Gasteiger partial charge in [-0.05, 0) is 12.1 Å². The minimum atomic E-state index is 0.472. The molecule has 0 radical (unpaired) electrons. The van der Waals surface area contributed by atoms with Crippen molar-refractivity contribution in [1.82, 2.24) is 19.9 Å². The lowest BCUT2D eigenvalue weighted by Crippen LogP contribution is -2.11. The maximum Gasteiger partial charge on any atom is 0.218 e. The molecule has 0 atom stereocenters. The van der Waals surface area contributed by atoms with Crippen molar-refractivity contribution in [2.24, 2.45) is 0 Å². The van der Waals surface area contributed by atoms with Gasteiger partial charge in [0.1, 0.15) is 0 Å². The van der Waals surface area contributed by atoms with Crippen LogP contribution in [0.25, 0.3) is 22.9 Å². The lowest BCUT2D eigenvalue weighted by Gasteiger charge is -2.00. The average Bonchev–Trinajstić information content (AvgIpc) is 3.35. The van der Waals surface area contributed by atoms with Crippen molar-refractivity contribution in [2.75, 3.05) is 5.84 Å². The summed E-state index contributed by atoms with van der Waals surface area (Å²) in [5.41, 5.74) is 0.989. The number of rotatable bonds is 5. The Morgan fingerprint density at radius 3 is 2.71 bits per heavy atom. The SMILES string of the molecule is Nn1c(SCc2ncc(-c3ccccc3)o2)nnc1-c1ccco1. The molecule has 0 aliphatic heterocycles. The van der Waals surface area contributed by atoms with Crippen molar-refractivity contribution >= 4 is 11.8 Å². The molecule has 7 nitrogen and oxygen atoms in total. The van der Waals surface area contributed by atoms with Crippen LogP contribution < -0.4 is 5.84 Å². The van der Waals surface area contributed by atoms with Gasteiger partial charge in [0.2, 0.25) is 16.9 Å². The Kier molecular flexibility index (Phi) is 3.80. The third-order valence-electron chi connectivity index (χ3n) is 3.34. The maximum atomic E-state index is 6.01. The Bertz CT molecular complexity index is 931. The van der Waals surface area contributed by atoms with E-state index in [9.17, 15) is 0 Å². The van der Waals surface area contributed by atoms with Crippen molar-refractivity contribution < 1.29 is 8.83 Å². The number of hydrogen-bond donors (Lipinski definition) is 1. The number of furan rings is 1. The first kappa shape index (κ1) is 14.6. The van der Waals surface area contributed by atoms with E-state index in [1.165, 1.54) is 16.4 Å². The largest absolute Gasteiger partial charge is 0.461 e. The fraction of sp³-hybridized carbons (Fsp3) is 0.0625. The normalized spacial score (nSPS) is 11.0. The molecule has 0 fully saturated rings. The van der Waals surface area contributed by atoms with Gasteiger partial charge in [0.05, 0.1) is 18.2 Å². The van der Waals surface area contributed by atoms with Crippen LogP contribution in [-0.2, 0) is 5.75 Å². The van der Waals surface area contributed by atoms with Gasteiger partial charge < -0.3 is 14.7 Å². The highest BCUT2D eigenvalue weighted by Crippen LogP contribution is 2.26. The second-order valence-electron chi connectivity index (χ2n) is 4.93. The van der Waals surface area contributed by atoms with E-state index in [2.05, 4.69) is 15.2 Å². The van der Waals surface area contributed by atoms with Gasteiger partial charge in [0.15, 0.2) is 11.5 Å². The average molecular weight is 339 g/mol. The molecule has 3 aromatic heterocycles. The summed E-state index contributed by atoms with van der Waals surface area (Å²) in [4.78, 5) is 4.29. The molecule has 0 saturated carbocycles. The smallest absolute Gasteiger partial charge is 0.218 e. The lowest BCUT2D eigenvalue weighted by molar-refractivity contribution is 0.529. The summed E-state index contributed by atoms with van der Waals surface area (Å²) in [5, 5.41) is 8.68. The Morgan fingerprint density at radius 2 is 1.92 bits per heavy atom.